The molecule has 0 radical (unpaired) electrons. The van der Waals surface area contributed by atoms with E-state index >= 15 is 0 Å². The molecule has 0 aliphatic heterocycles. The highest BCUT2D eigenvalue weighted by Crippen LogP contribution is 1.94. The van der Waals surface area contributed by atoms with Crippen LogP contribution in [0.5, 0.6) is 0 Å². The number of ether oxygens (including phenoxy) is 1. The van der Waals surface area contributed by atoms with Crippen LogP contribution in [-0.2, 0) is 4.74 Å². The van der Waals surface area contributed by atoms with Crippen LogP contribution in [0.1, 0.15) is 19.3 Å². The van der Waals surface area contributed by atoms with Crippen molar-refractivity contribution in [2.24, 2.45) is 5.73 Å². The summed E-state index contributed by atoms with van der Waals surface area (Å²) in [4.78, 5) is 0. The fourth-order valence-electron chi connectivity index (χ4n) is 0.711. The zero-order valence-corrected chi connectivity index (χ0v) is 7.67. The number of rotatable bonds is 7. The second kappa shape index (κ2) is 9.35. The molecule has 0 bridgehead atoms. The molecule has 0 rings (SSSR count). The van der Waals surface area contributed by atoms with Crippen LogP contribution in [0.4, 0.5) is 0 Å². The van der Waals surface area contributed by atoms with Gasteiger partial charge in [-0.15, -0.1) is 9.24 Å². The van der Waals surface area contributed by atoms with Gasteiger partial charge in [0.2, 0.25) is 0 Å². The van der Waals surface area contributed by atoms with E-state index in [1.165, 1.54) is 6.42 Å². The smallest absolute Gasteiger partial charge is 0.0500 e. The summed E-state index contributed by atoms with van der Waals surface area (Å²) in [5.41, 5.74) is 5.33. The molecule has 0 saturated carbocycles. The van der Waals surface area contributed by atoms with Crippen LogP contribution in [0.15, 0.2) is 0 Å². The van der Waals surface area contributed by atoms with E-state index in [0.717, 1.165) is 38.8 Å². The van der Waals surface area contributed by atoms with Crippen LogP contribution in [0.25, 0.3) is 0 Å². The Morgan fingerprint density at radius 2 is 1.90 bits per heavy atom. The lowest BCUT2D eigenvalue weighted by Crippen LogP contribution is -2.01. The SMILES string of the molecule is NCCCCCOCCP. The molecule has 2 N–H and O–H groups in total. The molecule has 0 aromatic rings. The zero-order chi connectivity index (χ0) is 7.66. The summed E-state index contributed by atoms with van der Waals surface area (Å²) in [6.45, 7) is 2.57. The lowest BCUT2D eigenvalue weighted by molar-refractivity contribution is 0.145. The van der Waals surface area contributed by atoms with Crippen molar-refractivity contribution in [1.82, 2.24) is 0 Å². The van der Waals surface area contributed by atoms with Gasteiger partial charge in [-0.1, -0.05) is 0 Å². The molecule has 2 nitrogen and oxygen atoms in total. The highest BCUT2D eigenvalue weighted by molar-refractivity contribution is 7.16. The molecule has 10 heavy (non-hydrogen) atoms. The van der Waals surface area contributed by atoms with Gasteiger partial charge in [-0.2, -0.15) is 0 Å². The van der Waals surface area contributed by atoms with Gasteiger partial charge in [0.15, 0.2) is 0 Å². The molecular weight excluding hydrogens is 145 g/mol. The van der Waals surface area contributed by atoms with Gasteiger partial charge in [-0.3, -0.25) is 0 Å². The van der Waals surface area contributed by atoms with E-state index in [1.54, 1.807) is 0 Å². The van der Waals surface area contributed by atoms with E-state index in [0.29, 0.717) is 0 Å². The second-order valence-corrected chi connectivity index (χ2v) is 2.83. The van der Waals surface area contributed by atoms with Crippen molar-refractivity contribution in [1.29, 1.82) is 0 Å². The highest BCUT2D eigenvalue weighted by Gasteiger charge is 1.86. The van der Waals surface area contributed by atoms with Crippen molar-refractivity contribution in [3.8, 4) is 0 Å². The molecule has 0 saturated heterocycles. The average molecular weight is 163 g/mol. The predicted molar refractivity (Wildman–Crippen MR) is 48.3 cm³/mol. The lowest BCUT2D eigenvalue weighted by Gasteiger charge is -2.00. The summed E-state index contributed by atoms with van der Waals surface area (Å²) in [7, 11) is 2.64. The first-order valence-electron chi connectivity index (χ1n) is 3.89. The molecule has 0 aromatic carbocycles. The monoisotopic (exact) mass is 163 g/mol. The first kappa shape index (κ1) is 10.3. The zero-order valence-electron chi connectivity index (χ0n) is 6.51. The quantitative estimate of drug-likeness (QED) is 0.449. The van der Waals surface area contributed by atoms with Crippen molar-refractivity contribution in [3.63, 3.8) is 0 Å². The molecule has 0 heterocycles. The molecule has 0 fully saturated rings. The molecule has 0 aromatic heterocycles. The van der Waals surface area contributed by atoms with Gasteiger partial charge in [0.25, 0.3) is 0 Å². The van der Waals surface area contributed by atoms with Gasteiger partial charge >= 0.3 is 0 Å². The van der Waals surface area contributed by atoms with E-state index < -0.39 is 0 Å². The summed E-state index contributed by atoms with van der Waals surface area (Å²) in [6.07, 6.45) is 4.52. The topological polar surface area (TPSA) is 35.2 Å². The third kappa shape index (κ3) is 8.35. The van der Waals surface area contributed by atoms with Gasteiger partial charge < -0.3 is 10.5 Å². The first-order valence-corrected chi connectivity index (χ1v) is 4.71. The van der Waals surface area contributed by atoms with Crippen LogP contribution in [0.3, 0.4) is 0 Å². The fraction of sp³-hybridized carbons (Fsp3) is 1.00. The van der Waals surface area contributed by atoms with Gasteiger partial charge in [-0.25, -0.2) is 0 Å². The van der Waals surface area contributed by atoms with Gasteiger partial charge in [0, 0.05) is 6.61 Å². The second-order valence-electron chi connectivity index (χ2n) is 2.25. The van der Waals surface area contributed by atoms with Crippen LogP contribution in [-0.4, -0.2) is 25.9 Å². The fourth-order valence-corrected chi connectivity index (χ4v) is 0.877. The molecule has 1 atom stereocenters. The molecule has 0 aliphatic rings. The third-order valence-corrected chi connectivity index (χ3v) is 1.49. The van der Waals surface area contributed by atoms with Crippen molar-refractivity contribution < 1.29 is 4.74 Å². The van der Waals surface area contributed by atoms with E-state index in [4.69, 9.17) is 10.5 Å². The summed E-state index contributed by atoms with van der Waals surface area (Å²) < 4.78 is 5.27. The summed E-state index contributed by atoms with van der Waals surface area (Å²) in [5, 5.41) is 0. The minimum Gasteiger partial charge on any atom is -0.381 e. The van der Waals surface area contributed by atoms with Crippen LogP contribution >= 0.6 is 9.24 Å². The van der Waals surface area contributed by atoms with Crippen molar-refractivity contribution in [2.45, 2.75) is 19.3 Å². The summed E-state index contributed by atoms with van der Waals surface area (Å²) in [6, 6.07) is 0. The van der Waals surface area contributed by atoms with Crippen molar-refractivity contribution in [2.75, 3.05) is 25.9 Å². The predicted octanol–water partition coefficient (Wildman–Crippen LogP) is 1.01. The van der Waals surface area contributed by atoms with Gasteiger partial charge in [-0.05, 0) is 32.0 Å². The summed E-state index contributed by atoms with van der Waals surface area (Å²) in [5.74, 6) is 0. The number of unbranched alkanes of at least 4 members (excludes halogenated alkanes) is 2. The summed E-state index contributed by atoms with van der Waals surface area (Å²) >= 11 is 0. The Morgan fingerprint density at radius 3 is 2.50 bits per heavy atom. The maximum absolute atomic E-state index is 5.33. The maximum Gasteiger partial charge on any atom is 0.0500 e. The molecule has 0 amide bonds. The van der Waals surface area contributed by atoms with Crippen molar-refractivity contribution in [3.05, 3.63) is 0 Å². The normalized spacial score (nSPS) is 10.2. The van der Waals surface area contributed by atoms with Crippen LogP contribution in [0.2, 0.25) is 0 Å². The number of hydrogen-bond donors (Lipinski definition) is 1. The minimum absolute atomic E-state index is 0.809. The van der Waals surface area contributed by atoms with E-state index in [-0.39, 0.29) is 0 Å². The highest BCUT2D eigenvalue weighted by atomic mass is 31.0. The van der Waals surface area contributed by atoms with Gasteiger partial charge in [0.05, 0.1) is 6.61 Å². The Hall–Kier alpha value is 0.350. The third-order valence-electron chi connectivity index (χ3n) is 1.25. The molecule has 1 unspecified atom stereocenters. The Balaban J connectivity index is 2.65. The Bertz CT molecular complexity index is 53.6. The maximum atomic E-state index is 5.33. The van der Waals surface area contributed by atoms with E-state index in [1.807, 2.05) is 0 Å². The largest absolute Gasteiger partial charge is 0.381 e. The Kier molecular flexibility index (Phi) is 9.68. The molecule has 0 aliphatic carbocycles. The minimum atomic E-state index is 0.809. The van der Waals surface area contributed by atoms with Crippen LogP contribution in [0, 0.1) is 0 Å². The Labute approximate surface area is 65.7 Å². The lowest BCUT2D eigenvalue weighted by atomic mass is 10.2. The molecular formula is C7H18NOP. The van der Waals surface area contributed by atoms with E-state index in [2.05, 4.69) is 9.24 Å². The van der Waals surface area contributed by atoms with Crippen LogP contribution < -0.4 is 5.73 Å². The molecule has 3 heteroatoms. The molecule has 62 valence electrons. The van der Waals surface area contributed by atoms with E-state index in [9.17, 15) is 0 Å². The molecule has 0 spiro atoms. The van der Waals surface area contributed by atoms with Crippen molar-refractivity contribution >= 4 is 9.24 Å². The standard InChI is InChI=1S/C7H18NOP/c8-4-2-1-3-5-9-6-7-10/h1-8,10H2. The average Bonchev–Trinajstić information content (AvgIpc) is 1.97. The number of hydrogen-bond acceptors (Lipinski definition) is 2. The number of nitrogens with two attached hydrogens (primary N) is 1. The van der Waals surface area contributed by atoms with Gasteiger partial charge in [0.1, 0.15) is 0 Å². The first-order chi connectivity index (χ1) is 4.91. The Morgan fingerprint density at radius 1 is 1.10 bits per heavy atom.